The molecule has 5 aromatic heterocycles. The number of anilines is 1. The van der Waals surface area contributed by atoms with Crippen LogP contribution in [0.1, 0.15) is 41.5 Å². The van der Waals surface area contributed by atoms with E-state index in [-0.39, 0.29) is 24.2 Å². The fourth-order valence-electron chi connectivity index (χ4n) is 3.82. The van der Waals surface area contributed by atoms with Gasteiger partial charge in [0, 0.05) is 48.0 Å². The lowest BCUT2D eigenvalue weighted by molar-refractivity contribution is -0.115. The summed E-state index contributed by atoms with van der Waals surface area (Å²) in [5.41, 5.74) is 3.25. The molecule has 10 heteroatoms. The van der Waals surface area contributed by atoms with Crippen LogP contribution in [0.5, 0.6) is 0 Å². The SMILES string of the molecule is CC(C)n1cc(C(=O)c2cncc(NC(=O)Cc3cn4cc(Cl)ccc4n3)c2)c2cncnc21. The topological polar surface area (TPSA) is 107 Å². The maximum atomic E-state index is 13.3. The number of aromatic nitrogens is 6. The van der Waals surface area contributed by atoms with Crippen molar-refractivity contribution in [3.8, 4) is 0 Å². The highest BCUT2D eigenvalue weighted by molar-refractivity contribution is 6.30. The zero-order valence-electron chi connectivity index (χ0n) is 18.4. The van der Waals surface area contributed by atoms with E-state index in [9.17, 15) is 9.59 Å². The molecule has 0 saturated carbocycles. The molecule has 0 atom stereocenters. The molecule has 0 aliphatic rings. The molecule has 5 rings (SSSR count). The van der Waals surface area contributed by atoms with E-state index < -0.39 is 0 Å². The van der Waals surface area contributed by atoms with Gasteiger partial charge in [-0.05, 0) is 32.0 Å². The van der Waals surface area contributed by atoms with Crippen LogP contribution in [0.3, 0.4) is 0 Å². The van der Waals surface area contributed by atoms with Gasteiger partial charge < -0.3 is 14.3 Å². The van der Waals surface area contributed by atoms with E-state index in [0.29, 0.717) is 44.2 Å². The number of hydrogen-bond donors (Lipinski definition) is 1. The van der Waals surface area contributed by atoms with Crippen molar-refractivity contribution in [1.29, 1.82) is 0 Å². The number of carbonyl (C=O) groups is 2. The molecule has 5 aromatic rings. The zero-order valence-corrected chi connectivity index (χ0v) is 19.2. The first-order valence-electron chi connectivity index (χ1n) is 10.6. The smallest absolute Gasteiger partial charge is 0.230 e. The van der Waals surface area contributed by atoms with Crippen LogP contribution in [-0.2, 0) is 11.2 Å². The fraction of sp³-hybridized carbons (Fsp3) is 0.167. The minimum Gasteiger partial charge on any atom is -0.329 e. The number of pyridine rings is 2. The van der Waals surface area contributed by atoms with Crippen molar-refractivity contribution < 1.29 is 9.59 Å². The molecular formula is C24H20ClN7O2. The van der Waals surface area contributed by atoms with Gasteiger partial charge in [0.05, 0.1) is 34.6 Å². The molecule has 0 spiro atoms. The summed E-state index contributed by atoms with van der Waals surface area (Å²) < 4.78 is 3.70. The number of rotatable bonds is 6. The van der Waals surface area contributed by atoms with Crippen LogP contribution >= 0.6 is 11.6 Å². The third kappa shape index (κ3) is 4.13. The van der Waals surface area contributed by atoms with Crippen molar-refractivity contribution in [1.82, 2.24) is 28.9 Å². The van der Waals surface area contributed by atoms with Crippen LogP contribution in [0.4, 0.5) is 5.69 Å². The molecule has 1 amide bonds. The average Bonchev–Trinajstić information content (AvgIpc) is 3.39. The van der Waals surface area contributed by atoms with Crippen LogP contribution in [0.15, 0.2) is 61.7 Å². The van der Waals surface area contributed by atoms with E-state index in [0.717, 1.165) is 0 Å². The van der Waals surface area contributed by atoms with Crippen LogP contribution in [0, 0.1) is 0 Å². The molecule has 0 bridgehead atoms. The Hall–Kier alpha value is -4.11. The maximum absolute atomic E-state index is 13.3. The molecule has 0 aliphatic heterocycles. The Kier molecular flexibility index (Phi) is 5.54. The molecule has 34 heavy (non-hydrogen) atoms. The van der Waals surface area contributed by atoms with Gasteiger partial charge in [-0.15, -0.1) is 0 Å². The van der Waals surface area contributed by atoms with E-state index in [1.807, 2.05) is 18.4 Å². The second-order valence-corrected chi connectivity index (χ2v) is 8.60. The molecular weight excluding hydrogens is 454 g/mol. The first-order valence-corrected chi connectivity index (χ1v) is 11.0. The fourth-order valence-corrected chi connectivity index (χ4v) is 3.99. The highest BCUT2D eigenvalue weighted by atomic mass is 35.5. The van der Waals surface area contributed by atoms with Crippen molar-refractivity contribution in [2.75, 3.05) is 5.32 Å². The Morgan fingerprint density at radius 2 is 1.94 bits per heavy atom. The van der Waals surface area contributed by atoms with Crippen molar-refractivity contribution in [2.45, 2.75) is 26.3 Å². The van der Waals surface area contributed by atoms with E-state index in [1.54, 1.807) is 47.4 Å². The summed E-state index contributed by atoms with van der Waals surface area (Å²) >= 11 is 6.00. The lowest BCUT2D eigenvalue weighted by Crippen LogP contribution is -2.15. The largest absolute Gasteiger partial charge is 0.329 e. The normalized spacial score (nSPS) is 11.4. The number of fused-ring (bicyclic) bond motifs is 2. The monoisotopic (exact) mass is 473 g/mol. The van der Waals surface area contributed by atoms with Crippen LogP contribution in [0.2, 0.25) is 5.02 Å². The molecule has 0 radical (unpaired) electrons. The number of carbonyl (C=O) groups excluding carboxylic acids is 2. The van der Waals surface area contributed by atoms with Crippen LogP contribution in [-0.4, -0.2) is 40.6 Å². The van der Waals surface area contributed by atoms with Gasteiger partial charge in [-0.25, -0.2) is 15.0 Å². The summed E-state index contributed by atoms with van der Waals surface area (Å²) in [6.45, 7) is 4.04. The summed E-state index contributed by atoms with van der Waals surface area (Å²) in [5.74, 6) is -0.495. The molecule has 0 unspecified atom stereocenters. The van der Waals surface area contributed by atoms with Gasteiger partial charge in [-0.2, -0.15) is 0 Å². The summed E-state index contributed by atoms with van der Waals surface area (Å²) in [6.07, 6.45) is 11.4. The summed E-state index contributed by atoms with van der Waals surface area (Å²) in [6, 6.07) is 5.26. The number of amides is 1. The Morgan fingerprint density at radius 3 is 2.76 bits per heavy atom. The number of halogens is 1. The molecule has 0 aromatic carbocycles. The zero-order chi connectivity index (χ0) is 23.8. The molecule has 170 valence electrons. The van der Waals surface area contributed by atoms with Gasteiger partial charge >= 0.3 is 0 Å². The predicted octanol–water partition coefficient (Wildman–Crippen LogP) is 4.12. The Labute approximate surface area is 199 Å². The Bertz CT molecular complexity index is 1550. The minimum atomic E-state index is -0.272. The maximum Gasteiger partial charge on any atom is 0.230 e. The highest BCUT2D eigenvalue weighted by Gasteiger charge is 2.20. The van der Waals surface area contributed by atoms with Gasteiger partial charge in [-0.1, -0.05) is 11.6 Å². The van der Waals surface area contributed by atoms with Gasteiger partial charge in [0.2, 0.25) is 5.91 Å². The molecule has 0 aliphatic carbocycles. The molecule has 1 N–H and O–H groups in total. The molecule has 0 saturated heterocycles. The second-order valence-electron chi connectivity index (χ2n) is 8.17. The van der Waals surface area contributed by atoms with Crippen molar-refractivity contribution in [2.24, 2.45) is 0 Å². The van der Waals surface area contributed by atoms with E-state index >= 15 is 0 Å². The number of imidazole rings is 1. The number of ketones is 1. The first kappa shape index (κ1) is 21.7. The van der Waals surface area contributed by atoms with Crippen molar-refractivity contribution >= 4 is 45.7 Å². The standard InChI is InChI=1S/C24H20ClN7O2/c1-14(2)32-12-20(19-9-27-13-28-24(19)32)23(34)15-5-17(8-26-7-15)30-22(33)6-18-11-31-10-16(25)3-4-21(31)29-18/h3-5,7-14H,6H2,1-2H3,(H,30,33). The van der Waals surface area contributed by atoms with Gasteiger partial charge in [0.1, 0.15) is 17.6 Å². The van der Waals surface area contributed by atoms with E-state index in [4.69, 9.17) is 11.6 Å². The lowest BCUT2D eigenvalue weighted by Gasteiger charge is -2.07. The molecule has 5 heterocycles. The van der Waals surface area contributed by atoms with Crippen molar-refractivity contribution in [3.63, 3.8) is 0 Å². The number of nitrogens with zero attached hydrogens (tertiary/aromatic N) is 6. The average molecular weight is 474 g/mol. The van der Waals surface area contributed by atoms with E-state index in [2.05, 4.69) is 25.3 Å². The quantitative estimate of drug-likeness (QED) is 0.372. The molecule has 9 nitrogen and oxygen atoms in total. The summed E-state index contributed by atoms with van der Waals surface area (Å²) in [5, 5.41) is 4.04. The van der Waals surface area contributed by atoms with Crippen LogP contribution in [0.25, 0.3) is 16.7 Å². The second kappa shape index (κ2) is 8.68. The third-order valence-electron chi connectivity index (χ3n) is 5.39. The molecule has 0 fully saturated rings. The highest BCUT2D eigenvalue weighted by Crippen LogP contribution is 2.25. The Morgan fingerprint density at radius 1 is 1.09 bits per heavy atom. The van der Waals surface area contributed by atoms with Crippen molar-refractivity contribution in [3.05, 3.63) is 83.6 Å². The van der Waals surface area contributed by atoms with Gasteiger partial charge in [-0.3, -0.25) is 14.6 Å². The summed E-state index contributed by atoms with van der Waals surface area (Å²) in [4.78, 5) is 42.9. The Balaban J connectivity index is 1.36. The van der Waals surface area contributed by atoms with Gasteiger partial charge in [0.25, 0.3) is 0 Å². The predicted molar refractivity (Wildman–Crippen MR) is 128 cm³/mol. The third-order valence-corrected chi connectivity index (χ3v) is 5.61. The first-order chi connectivity index (χ1) is 16.4. The lowest BCUT2D eigenvalue weighted by atomic mass is 10.1. The summed E-state index contributed by atoms with van der Waals surface area (Å²) in [7, 11) is 0. The van der Waals surface area contributed by atoms with Crippen LogP contribution < -0.4 is 5.32 Å². The number of nitrogens with one attached hydrogen (secondary N) is 1. The minimum absolute atomic E-state index is 0.0662. The number of hydrogen-bond acceptors (Lipinski definition) is 6. The van der Waals surface area contributed by atoms with Gasteiger partial charge in [0.15, 0.2) is 5.78 Å². The van der Waals surface area contributed by atoms with E-state index in [1.165, 1.54) is 18.7 Å².